The van der Waals surface area contributed by atoms with Crippen LogP contribution in [0.3, 0.4) is 0 Å². The molecule has 0 saturated heterocycles. The van der Waals surface area contributed by atoms with Crippen molar-refractivity contribution < 1.29 is 19.1 Å². The van der Waals surface area contributed by atoms with E-state index in [2.05, 4.69) is 17.6 Å². The molecule has 7 nitrogen and oxygen atoms in total. The minimum Gasteiger partial charge on any atom is -0.486 e. The second-order valence-electron chi connectivity index (χ2n) is 7.19. The van der Waals surface area contributed by atoms with Gasteiger partial charge in [-0.05, 0) is 61.2 Å². The first-order valence-electron chi connectivity index (χ1n) is 9.38. The van der Waals surface area contributed by atoms with Crippen molar-refractivity contribution in [3.05, 3.63) is 39.8 Å². The molecule has 2 heterocycles. The van der Waals surface area contributed by atoms with Gasteiger partial charge in [-0.2, -0.15) is 0 Å². The first kappa shape index (κ1) is 19.7. The third-order valence-electron chi connectivity index (χ3n) is 5.02. The van der Waals surface area contributed by atoms with Crippen molar-refractivity contribution in [1.29, 1.82) is 0 Å². The van der Waals surface area contributed by atoms with Crippen LogP contribution in [-0.2, 0) is 12.8 Å². The van der Waals surface area contributed by atoms with E-state index >= 15 is 0 Å². The van der Waals surface area contributed by atoms with E-state index in [0.717, 1.165) is 29.7 Å². The Kier molecular flexibility index (Phi) is 5.42. The van der Waals surface area contributed by atoms with Crippen LogP contribution >= 0.6 is 23.6 Å². The van der Waals surface area contributed by atoms with E-state index in [1.807, 2.05) is 0 Å². The number of hydrogen-bond donors (Lipinski definition) is 3. The Hall–Kier alpha value is -2.65. The molecule has 0 spiro atoms. The van der Waals surface area contributed by atoms with Gasteiger partial charge in [-0.15, -0.1) is 11.3 Å². The highest BCUT2D eigenvalue weighted by molar-refractivity contribution is 7.80. The first-order valence-corrected chi connectivity index (χ1v) is 10.6. The van der Waals surface area contributed by atoms with Crippen molar-refractivity contribution in [3.8, 4) is 11.5 Å². The number of carbonyl (C=O) groups is 2. The van der Waals surface area contributed by atoms with E-state index in [1.165, 1.54) is 11.3 Å². The summed E-state index contributed by atoms with van der Waals surface area (Å²) in [6.07, 6.45) is 2.76. The summed E-state index contributed by atoms with van der Waals surface area (Å²) in [6.45, 7) is 3.12. The third kappa shape index (κ3) is 4.06. The zero-order valence-corrected chi connectivity index (χ0v) is 17.5. The van der Waals surface area contributed by atoms with E-state index in [9.17, 15) is 9.59 Å². The van der Waals surface area contributed by atoms with Gasteiger partial charge in [0.25, 0.3) is 11.8 Å². The van der Waals surface area contributed by atoms with Crippen LogP contribution in [0.5, 0.6) is 11.5 Å². The van der Waals surface area contributed by atoms with Crippen molar-refractivity contribution in [2.45, 2.75) is 26.2 Å². The number of fused-ring (bicyclic) bond motifs is 2. The lowest BCUT2D eigenvalue weighted by Gasteiger charge is -2.18. The lowest BCUT2D eigenvalue weighted by Crippen LogP contribution is -2.34. The SMILES string of the molecule is C[C@H]1CCc2c(sc(NC(=S)NC(=O)c3ccc4c(c3)OCCO4)c2C(N)=O)C1. The van der Waals surface area contributed by atoms with Crippen LogP contribution in [0.2, 0.25) is 0 Å². The van der Waals surface area contributed by atoms with Crippen LogP contribution in [-0.4, -0.2) is 30.1 Å². The molecule has 2 aromatic rings. The van der Waals surface area contributed by atoms with Crippen molar-refractivity contribution in [3.63, 3.8) is 0 Å². The van der Waals surface area contributed by atoms with Gasteiger partial charge in [0.05, 0.1) is 5.56 Å². The van der Waals surface area contributed by atoms with Crippen molar-refractivity contribution in [2.24, 2.45) is 11.7 Å². The fraction of sp³-hybridized carbons (Fsp3) is 0.350. The predicted octanol–water partition coefficient (Wildman–Crippen LogP) is 2.87. The highest BCUT2D eigenvalue weighted by Crippen LogP contribution is 2.39. The van der Waals surface area contributed by atoms with E-state index in [0.29, 0.717) is 46.8 Å². The van der Waals surface area contributed by atoms with Gasteiger partial charge in [0, 0.05) is 10.4 Å². The molecule has 4 rings (SSSR count). The smallest absolute Gasteiger partial charge is 0.257 e. The second-order valence-corrected chi connectivity index (χ2v) is 8.70. The Labute approximate surface area is 177 Å². The van der Waals surface area contributed by atoms with Gasteiger partial charge in [0.15, 0.2) is 16.6 Å². The third-order valence-corrected chi connectivity index (χ3v) is 6.39. The number of primary amides is 1. The Morgan fingerprint density at radius 2 is 2.00 bits per heavy atom. The molecule has 0 saturated carbocycles. The van der Waals surface area contributed by atoms with Crippen LogP contribution in [0.1, 0.15) is 44.5 Å². The lowest BCUT2D eigenvalue weighted by atomic mass is 9.88. The quantitative estimate of drug-likeness (QED) is 0.646. The molecular weight excluding hydrogens is 410 g/mol. The van der Waals surface area contributed by atoms with Gasteiger partial charge in [-0.25, -0.2) is 0 Å². The minimum atomic E-state index is -0.486. The van der Waals surface area contributed by atoms with E-state index in [1.54, 1.807) is 18.2 Å². The fourth-order valence-corrected chi connectivity index (χ4v) is 5.27. The molecule has 0 unspecified atom stereocenters. The number of amides is 2. The lowest BCUT2D eigenvalue weighted by molar-refractivity contribution is 0.0974. The Morgan fingerprint density at radius 1 is 1.24 bits per heavy atom. The fourth-order valence-electron chi connectivity index (χ4n) is 3.59. The van der Waals surface area contributed by atoms with E-state index < -0.39 is 5.91 Å². The molecule has 0 fully saturated rings. The summed E-state index contributed by atoms with van der Waals surface area (Å²) in [6, 6.07) is 4.96. The maximum atomic E-state index is 12.6. The van der Waals surface area contributed by atoms with Crippen LogP contribution in [0, 0.1) is 5.92 Å². The molecule has 0 bridgehead atoms. The van der Waals surface area contributed by atoms with Gasteiger partial charge in [0.2, 0.25) is 0 Å². The van der Waals surface area contributed by atoms with E-state index in [4.69, 9.17) is 27.4 Å². The molecule has 2 amide bonds. The topological polar surface area (TPSA) is 103 Å². The minimum absolute atomic E-state index is 0.110. The molecule has 0 radical (unpaired) electrons. The second kappa shape index (κ2) is 8.00. The normalized spacial score (nSPS) is 17.2. The maximum Gasteiger partial charge on any atom is 0.257 e. The summed E-state index contributed by atoms with van der Waals surface area (Å²) in [5.41, 5.74) is 7.50. The molecular formula is C20H21N3O4S2. The maximum absolute atomic E-state index is 12.6. The average molecular weight is 432 g/mol. The molecule has 152 valence electrons. The molecule has 1 aliphatic carbocycles. The molecule has 2 aliphatic rings. The van der Waals surface area contributed by atoms with Crippen molar-refractivity contribution in [1.82, 2.24) is 5.32 Å². The molecule has 9 heteroatoms. The molecule has 1 aromatic heterocycles. The highest BCUT2D eigenvalue weighted by Gasteiger charge is 2.27. The number of nitrogens with two attached hydrogens (primary N) is 1. The summed E-state index contributed by atoms with van der Waals surface area (Å²) < 4.78 is 11.0. The number of rotatable bonds is 3. The Balaban J connectivity index is 1.49. The first-order chi connectivity index (χ1) is 13.9. The van der Waals surface area contributed by atoms with Crippen LogP contribution in [0.15, 0.2) is 18.2 Å². The van der Waals surface area contributed by atoms with E-state index in [-0.39, 0.29) is 11.0 Å². The number of benzene rings is 1. The number of nitrogens with one attached hydrogen (secondary N) is 2. The van der Waals surface area contributed by atoms with Crippen molar-refractivity contribution >= 4 is 45.5 Å². The van der Waals surface area contributed by atoms with Crippen LogP contribution in [0.25, 0.3) is 0 Å². The summed E-state index contributed by atoms with van der Waals surface area (Å²) in [5.74, 6) is 0.837. The highest BCUT2D eigenvalue weighted by atomic mass is 32.1. The molecule has 29 heavy (non-hydrogen) atoms. The number of thiocarbonyl (C=S) groups is 1. The van der Waals surface area contributed by atoms with Gasteiger partial charge in [-0.3, -0.25) is 14.9 Å². The number of hydrogen-bond acceptors (Lipinski definition) is 6. The summed E-state index contributed by atoms with van der Waals surface area (Å²) in [5, 5.41) is 6.33. The van der Waals surface area contributed by atoms with Gasteiger partial charge < -0.3 is 20.5 Å². The number of anilines is 1. The number of ether oxygens (including phenoxy) is 2. The number of thiophene rings is 1. The number of carbonyl (C=O) groups excluding carboxylic acids is 2. The van der Waals surface area contributed by atoms with Crippen LogP contribution < -0.4 is 25.8 Å². The summed E-state index contributed by atoms with van der Waals surface area (Å²) in [4.78, 5) is 25.7. The average Bonchev–Trinajstić information content (AvgIpc) is 3.04. The van der Waals surface area contributed by atoms with Crippen molar-refractivity contribution in [2.75, 3.05) is 18.5 Å². The zero-order valence-electron chi connectivity index (χ0n) is 15.9. The summed E-state index contributed by atoms with van der Waals surface area (Å²) >= 11 is 6.78. The standard InChI is InChI=1S/C20H21N3O4S2/c1-10-2-4-12-15(8-10)29-19(16(12)17(21)24)23-20(28)22-18(25)11-3-5-13-14(9-11)27-7-6-26-13/h3,5,9-10H,2,4,6-8H2,1H3,(H2,21,24)(H2,22,23,25,28)/t10-/m0/s1. The van der Waals surface area contributed by atoms with Gasteiger partial charge >= 0.3 is 0 Å². The summed E-state index contributed by atoms with van der Waals surface area (Å²) in [7, 11) is 0. The molecule has 4 N–H and O–H groups in total. The Bertz CT molecular complexity index is 1000. The monoisotopic (exact) mass is 431 g/mol. The molecule has 1 aliphatic heterocycles. The largest absolute Gasteiger partial charge is 0.486 e. The molecule has 1 aromatic carbocycles. The zero-order chi connectivity index (χ0) is 20.5. The molecule has 1 atom stereocenters. The Morgan fingerprint density at radius 3 is 2.76 bits per heavy atom. The van der Waals surface area contributed by atoms with Gasteiger partial charge in [-0.1, -0.05) is 6.92 Å². The van der Waals surface area contributed by atoms with Crippen LogP contribution in [0.4, 0.5) is 5.00 Å². The van der Waals surface area contributed by atoms with Gasteiger partial charge in [0.1, 0.15) is 18.2 Å². The predicted molar refractivity (Wildman–Crippen MR) is 115 cm³/mol.